The van der Waals surface area contributed by atoms with Crippen LogP contribution in [-0.2, 0) is 0 Å². The summed E-state index contributed by atoms with van der Waals surface area (Å²) in [6.45, 7) is 8.17. The lowest BCUT2D eigenvalue weighted by atomic mass is 9.75. The average molecular weight is 369 g/mol. The number of guanidine groups is 1. The zero-order valence-corrected chi connectivity index (χ0v) is 14.2. The number of aliphatic hydroxyl groups is 1. The van der Waals surface area contributed by atoms with Crippen molar-refractivity contribution in [1.29, 1.82) is 0 Å². The number of hydrogen-bond acceptors (Lipinski definition) is 2. The molecule has 3 N–H and O–H groups in total. The van der Waals surface area contributed by atoms with Gasteiger partial charge in [-0.15, -0.1) is 24.0 Å². The minimum atomic E-state index is 0. The van der Waals surface area contributed by atoms with Gasteiger partial charge in [-0.05, 0) is 38.0 Å². The number of rotatable bonds is 4. The Labute approximate surface area is 128 Å². The standard InChI is InChI=1S/C13H27N3O.HI/c1-4-14-12(15-9-10-17)16-11-5-7-13(2,3)8-6-11;/h11,17H,4-10H2,1-3H3,(H2,14,15,16);1H. The molecular formula is C13H28IN3O. The van der Waals surface area contributed by atoms with Crippen LogP contribution in [0.3, 0.4) is 0 Å². The first kappa shape index (κ1) is 18.0. The SMILES string of the molecule is CCNC(=NCCO)NC1CCC(C)(C)CC1.I. The molecular weight excluding hydrogens is 341 g/mol. The number of nitrogens with zero attached hydrogens (tertiary/aromatic N) is 1. The summed E-state index contributed by atoms with van der Waals surface area (Å²) in [5, 5.41) is 15.5. The van der Waals surface area contributed by atoms with E-state index in [2.05, 4.69) is 36.4 Å². The smallest absolute Gasteiger partial charge is 0.191 e. The average Bonchev–Trinajstić information content (AvgIpc) is 2.29. The van der Waals surface area contributed by atoms with Crippen molar-refractivity contribution in [3.8, 4) is 0 Å². The predicted octanol–water partition coefficient (Wildman–Crippen LogP) is 2.12. The number of halogens is 1. The van der Waals surface area contributed by atoms with E-state index >= 15 is 0 Å². The Hall–Kier alpha value is -0.0400. The van der Waals surface area contributed by atoms with Crippen molar-refractivity contribution in [3.05, 3.63) is 0 Å². The maximum atomic E-state index is 8.80. The van der Waals surface area contributed by atoms with Crippen LogP contribution in [0.2, 0.25) is 0 Å². The highest BCUT2D eigenvalue weighted by molar-refractivity contribution is 14.0. The highest BCUT2D eigenvalue weighted by Crippen LogP contribution is 2.34. The van der Waals surface area contributed by atoms with Crippen LogP contribution in [-0.4, -0.2) is 36.8 Å². The quantitative estimate of drug-likeness (QED) is 0.404. The fourth-order valence-corrected chi connectivity index (χ4v) is 2.22. The molecule has 0 amide bonds. The zero-order chi connectivity index (χ0) is 12.7. The Balaban J connectivity index is 0.00000289. The van der Waals surface area contributed by atoms with Gasteiger partial charge in [0.2, 0.25) is 0 Å². The Morgan fingerprint density at radius 1 is 1.33 bits per heavy atom. The molecule has 0 atom stereocenters. The summed E-state index contributed by atoms with van der Waals surface area (Å²) >= 11 is 0. The lowest BCUT2D eigenvalue weighted by Gasteiger charge is -2.35. The second-order valence-electron chi connectivity index (χ2n) is 5.57. The van der Waals surface area contributed by atoms with E-state index in [1.54, 1.807) is 0 Å². The van der Waals surface area contributed by atoms with Crippen molar-refractivity contribution >= 4 is 29.9 Å². The third-order valence-electron chi connectivity index (χ3n) is 3.39. The monoisotopic (exact) mass is 369 g/mol. The first-order valence-corrected chi connectivity index (χ1v) is 6.73. The van der Waals surface area contributed by atoms with E-state index in [1.807, 2.05) is 0 Å². The summed E-state index contributed by atoms with van der Waals surface area (Å²) in [6.07, 6.45) is 4.95. The molecule has 18 heavy (non-hydrogen) atoms. The summed E-state index contributed by atoms with van der Waals surface area (Å²) in [7, 11) is 0. The van der Waals surface area contributed by atoms with Gasteiger partial charge in [-0.3, -0.25) is 4.99 Å². The molecule has 0 aromatic carbocycles. The van der Waals surface area contributed by atoms with Crippen LogP contribution in [0.15, 0.2) is 4.99 Å². The van der Waals surface area contributed by atoms with E-state index in [4.69, 9.17) is 5.11 Å². The summed E-state index contributed by atoms with van der Waals surface area (Å²) in [4.78, 5) is 4.31. The van der Waals surface area contributed by atoms with Gasteiger partial charge in [-0.2, -0.15) is 0 Å². The van der Waals surface area contributed by atoms with E-state index in [0.29, 0.717) is 18.0 Å². The maximum Gasteiger partial charge on any atom is 0.191 e. The van der Waals surface area contributed by atoms with E-state index in [9.17, 15) is 0 Å². The predicted molar refractivity (Wildman–Crippen MR) is 87.7 cm³/mol. The topological polar surface area (TPSA) is 56.7 Å². The van der Waals surface area contributed by atoms with Gasteiger partial charge in [0, 0.05) is 12.6 Å². The van der Waals surface area contributed by atoms with Gasteiger partial charge in [-0.25, -0.2) is 0 Å². The van der Waals surface area contributed by atoms with Crippen molar-refractivity contribution in [3.63, 3.8) is 0 Å². The molecule has 5 heteroatoms. The van der Waals surface area contributed by atoms with Crippen molar-refractivity contribution in [1.82, 2.24) is 10.6 Å². The molecule has 1 aliphatic carbocycles. The van der Waals surface area contributed by atoms with Gasteiger partial charge in [0.15, 0.2) is 5.96 Å². The summed E-state index contributed by atoms with van der Waals surface area (Å²) in [5.41, 5.74) is 0.499. The van der Waals surface area contributed by atoms with Gasteiger partial charge < -0.3 is 15.7 Å². The molecule has 0 bridgehead atoms. The van der Waals surface area contributed by atoms with E-state index < -0.39 is 0 Å². The molecule has 0 radical (unpaired) electrons. The number of aliphatic imine (C=N–C) groups is 1. The van der Waals surface area contributed by atoms with Crippen LogP contribution >= 0.6 is 24.0 Å². The molecule has 108 valence electrons. The first-order valence-electron chi connectivity index (χ1n) is 6.73. The van der Waals surface area contributed by atoms with Crippen LogP contribution in [0.1, 0.15) is 46.5 Å². The van der Waals surface area contributed by atoms with Gasteiger partial charge in [0.25, 0.3) is 0 Å². The summed E-state index contributed by atoms with van der Waals surface area (Å²) < 4.78 is 0. The molecule has 0 saturated heterocycles. The lowest BCUT2D eigenvalue weighted by Crippen LogP contribution is -2.45. The minimum Gasteiger partial charge on any atom is -0.394 e. The van der Waals surface area contributed by atoms with Gasteiger partial charge in [0.1, 0.15) is 0 Å². The molecule has 1 saturated carbocycles. The normalized spacial score (nSPS) is 20.1. The van der Waals surface area contributed by atoms with Crippen molar-refractivity contribution in [2.45, 2.75) is 52.5 Å². The van der Waals surface area contributed by atoms with Gasteiger partial charge >= 0.3 is 0 Å². The third kappa shape index (κ3) is 6.78. The molecule has 1 fully saturated rings. The molecule has 0 unspecified atom stereocenters. The van der Waals surface area contributed by atoms with E-state index in [1.165, 1.54) is 25.7 Å². The van der Waals surface area contributed by atoms with Crippen LogP contribution < -0.4 is 10.6 Å². The van der Waals surface area contributed by atoms with Crippen LogP contribution in [0.25, 0.3) is 0 Å². The van der Waals surface area contributed by atoms with Crippen LogP contribution in [0, 0.1) is 5.41 Å². The lowest BCUT2D eigenvalue weighted by molar-refractivity contribution is 0.216. The molecule has 0 heterocycles. The summed E-state index contributed by atoms with van der Waals surface area (Å²) in [5.74, 6) is 0.839. The fourth-order valence-electron chi connectivity index (χ4n) is 2.22. The Morgan fingerprint density at radius 3 is 2.44 bits per heavy atom. The van der Waals surface area contributed by atoms with Crippen LogP contribution in [0.4, 0.5) is 0 Å². The molecule has 1 aliphatic rings. The number of hydrogen-bond donors (Lipinski definition) is 3. The van der Waals surface area contributed by atoms with Crippen LogP contribution in [0.5, 0.6) is 0 Å². The van der Waals surface area contributed by atoms with Gasteiger partial charge in [-0.1, -0.05) is 13.8 Å². The second kappa shape index (κ2) is 8.96. The van der Waals surface area contributed by atoms with Crippen molar-refractivity contribution < 1.29 is 5.11 Å². The molecule has 0 aromatic heterocycles. The molecule has 4 nitrogen and oxygen atoms in total. The largest absolute Gasteiger partial charge is 0.394 e. The Kier molecular flexibility index (Phi) is 8.94. The zero-order valence-electron chi connectivity index (χ0n) is 11.8. The highest BCUT2D eigenvalue weighted by atomic mass is 127. The van der Waals surface area contributed by atoms with Crippen molar-refractivity contribution in [2.24, 2.45) is 10.4 Å². The Bertz CT molecular complexity index is 247. The maximum absolute atomic E-state index is 8.80. The first-order chi connectivity index (χ1) is 8.07. The van der Waals surface area contributed by atoms with E-state index in [-0.39, 0.29) is 30.6 Å². The molecule has 0 spiro atoms. The highest BCUT2D eigenvalue weighted by Gasteiger charge is 2.26. The van der Waals surface area contributed by atoms with E-state index in [0.717, 1.165) is 12.5 Å². The van der Waals surface area contributed by atoms with Gasteiger partial charge in [0.05, 0.1) is 13.2 Å². The minimum absolute atomic E-state index is 0. The second-order valence-corrected chi connectivity index (χ2v) is 5.57. The molecule has 1 rings (SSSR count). The number of aliphatic hydroxyl groups excluding tert-OH is 1. The molecule has 0 aromatic rings. The van der Waals surface area contributed by atoms with Crippen molar-refractivity contribution in [2.75, 3.05) is 19.7 Å². The third-order valence-corrected chi connectivity index (χ3v) is 3.39. The number of nitrogens with one attached hydrogen (secondary N) is 2. The fraction of sp³-hybridized carbons (Fsp3) is 0.923. The Morgan fingerprint density at radius 2 is 1.94 bits per heavy atom. The summed E-state index contributed by atoms with van der Waals surface area (Å²) in [6, 6.07) is 0.527. The molecule has 0 aliphatic heterocycles.